The Bertz CT molecular complexity index is 946. The molecular weight excluding hydrogens is 501 g/mol. The molecule has 0 aromatic rings. The Morgan fingerprint density at radius 1 is 0.571 bits per heavy atom. The Morgan fingerprint density at radius 3 is 1.29 bits per heavy atom. The van der Waals surface area contributed by atoms with Crippen LogP contribution in [0.3, 0.4) is 0 Å². The molecule has 0 N–H and O–H groups in total. The quantitative estimate of drug-likeness (QED) is 0.288. The molecule has 6 fully saturated rings. The molecule has 4 aliphatic carbocycles. The zero-order valence-corrected chi connectivity index (χ0v) is 24.4. The van der Waals surface area contributed by atoms with E-state index < -0.39 is 25.2 Å². The summed E-state index contributed by atoms with van der Waals surface area (Å²) in [6.07, 6.45) is 3.72. The molecule has 2 saturated heterocycles. The molecule has 0 aromatic carbocycles. The number of rotatable bonds is 6. The molecule has 11 heteroatoms. The van der Waals surface area contributed by atoms with Gasteiger partial charge in [0, 0.05) is 0 Å². The summed E-state index contributed by atoms with van der Waals surface area (Å²) < 4.78 is 23.9. The van der Waals surface area contributed by atoms with E-state index in [4.69, 9.17) is 17.7 Å². The third kappa shape index (κ3) is 3.48. The van der Waals surface area contributed by atoms with Gasteiger partial charge in [0.1, 0.15) is 0 Å². The van der Waals surface area contributed by atoms with Crippen molar-refractivity contribution in [2.75, 3.05) is 0 Å². The molecule has 0 radical (unpaired) electrons. The van der Waals surface area contributed by atoms with Crippen LogP contribution in [0.25, 0.3) is 0 Å². The van der Waals surface area contributed by atoms with Gasteiger partial charge in [0.2, 0.25) is 0 Å². The number of hydrogen-bond donors (Lipinski definition) is 0. The van der Waals surface area contributed by atoms with Crippen molar-refractivity contribution in [3.8, 4) is 0 Å². The molecule has 35 heavy (non-hydrogen) atoms. The van der Waals surface area contributed by atoms with Crippen molar-refractivity contribution >= 4 is 49.1 Å². The van der Waals surface area contributed by atoms with Gasteiger partial charge in [0.15, 0.2) is 16.6 Å². The van der Waals surface area contributed by atoms with Crippen molar-refractivity contribution in [1.29, 1.82) is 0 Å². The van der Waals surface area contributed by atoms with Crippen molar-refractivity contribution in [2.45, 2.75) is 76.0 Å². The summed E-state index contributed by atoms with van der Waals surface area (Å²) >= 11 is 0. The Labute approximate surface area is 209 Å². The highest BCUT2D eigenvalue weighted by molar-refractivity contribution is 6.88. The van der Waals surface area contributed by atoms with E-state index in [9.17, 15) is 19.2 Å². The van der Waals surface area contributed by atoms with Crippen LogP contribution in [-0.2, 0) is 36.9 Å². The molecule has 0 unspecified atom stereocenters. The summed E-state index contributed by atoms with van der Waals surface area (Å²) in [7, 11) is -7.03. The molecular formula is C24H36O8Si3. The summed E-state index contributed by atoms with van der Waals surface area (Å²) in [5, 5.41) is 0. The van der Waals surface area contributed by atoms with Gasteiger partial charge in [-0.2, -0.15) is 0 Å². The smallest absolute Gasteiger partial charge is 0.317 e. The number of carbonyl (C=O) groups is 4. The first kappa shape index (κ1) is 24.2. The number of ether oxygens (including phenoxy) is 2. The lowest BCUT2D eigenvalue weighted by atomic mass is 9.81. The lowest BCUT2D eigenvalue weighted by molar-refractivity contribution is -0.156. The van der Waals surface area contributed by atoms with Crippen LogP contribution >= 0.6 is 0 Å². The predicted octanol–water partition coefficient (Wildman–Crippen LogP) is 3.58. The van der Waals surface area contributed by atoms with E-state index in [1.54, 1.807) is 0 Å². The molecule has 0 spiro atoms. The summed E-state index contributed by atoms with van der Waals surface area (Å²) in [5.74, 6) is -1.53. The van der Waals surface area contributed by atoms with Crippen molar-refractivity contribution in [1.82, 2.24) is 0 Å². The van der Waals surface area contributed by atoms with Gasteiger partial charge in [0.25, 0.3) is 0 Å². The summed E-state index contributed by atoms with van der Waals surface area (Å²) in [4.78, 5) is 49.1. The lowest BCUT2D eigenvalue weighted by Gasteiger charge is -2.46. The minimum absolute atomic E-state index is 0.175. The maximum atomic E-state index is 12.4. The van der Waals surface area contributed by atoms with Crippen LogP contribution in [-0.4, -0.2) is 49.1 Å². The lowest BCUT2D eigenvalue weighted by Crippen LogP contribution is -2.57. The Hall–Kier alpha value is -1.15. The third-order valence-corrected chi connectivity index (χ3v) is 23.3. The third-order valence-electron chi connectivity index (χ3n) is 10.3. The van der Waals surface area contributed by atoms with Gasteiger partial charge in [-0.3, -0.25) is 19.2 Å². The summed E-state index contributed by atoms with van der Waals surface area (Å²) in [6, 6.07) is 0. The van der Waals surface area contributed by atoms with Gasteiger partial charge in [0.05, 0.1) is 23.7 Å². The maximum absolute atomic E-state index is 12.4. The fourth-order valence-corrected chi connectivity index (χ4v) is 25.9. The van der Waals surface area contributed by atoms with Crippen molar-refractivity contribution in [3.05, 3.63) is 0 Å². The second kappa shape index (κ2) is 7.46. The van der Waals surface area contributed by atoms with E-state index in [2.05, 4.69) is 39.3 Å². The zero-order chi connectivity index (χ0) is 25.2. The Balaban J connectivity index is 1.15. The Morgan fingerprint density at radius 2 is 0.914 bits per heavy atom. The normalized spacial score (nSPS) is 44.2. The van der Waals surface area contributed by atoms with Crippen molar-refractivity contribution in [3.63, 3.8) is 0 Å². The standard InChI is InChI=1S/C24H36O8Si3/c1-33(2,15-9-11-7-13(15)19-17(11)21(25)29-23(19)27)31-35(5,6)32-34(3,4)16-10-12-8-14(16)20-18(12)22(26)30-24(20)28/h11-20H,7-10H2,1-6H3/t11-,12-,13+,14+,15-,16-,17+,18+,19-,20-/m0/s1. The molecule has 192 valence electrons. The molecule has 2 aliphatic heterocycles. The number of hydrogen-bond acceptors (Lipinski definition) is 8. The summed E-state index contributed by atoms with van der Waals surface area (Å²) in [5.41, 5.74) is 0.629. The van der Waals surface area contributed by atoms with Crippen LogP contribution in [0.4, 0.5) is 0 Å². The highest BCUT2D eigenvalue weighted by Crippen LogP contribution is 2.65. The van der Waals surface area contributed by atoms with Crippen LogP contribution in [0.1, 0.15) is 25.7 Å². The fourth-order valence-electron chi connectivity index (χ4n) is 9.55. The monoisotopic (exact) mass is 536 g/mol. The first-order chi connectivity index (χ1) is 16.2. The van der Waals surface area contributed by atoms with E-state index in [1.165, 1.54) is 0 Å². The van der Waals surface area contributed by atoms with Crippen LogP contribution in [0, 0.1) is 47.3 Å². The van der Waals surface area contributed by atoms with E-state index in [1.807, 2.05) is 0 Å². The van der Waals surface area contributed by atoms with Gasteiger partial charge in [-0.1, -0.05) is 0 Å². The largest absolute Gasteiger partial charge is 0.436 e. The average molecular weight is 537 g/mol. The first-order valence-electron chi connectivity index (χ1n) is 13.1. The van der Waals surface area contributed by atoms with Crippen LogP contribution in [0.5, 0.6) is 0 Å². The van der Waals surface area contributed by atoms with E-state index >= 15 is 0 Å². The second-order valence-electron chi connectivity index (χ2n) is 13.4. The highest BCUT2D eigenvalue weighted by atomic mass is 28.5. The minimum atomic E-state index is -2.54. The molecule has 10 atom stereocenters. The number of esters is 4. The molecule has 0 amide bonds. The zero-order valence-electron chi connectivity index (χ0n) is 21.4. The van der Waals surface area contributed by atoms with Gasteiger partial charge >= 0.3 is 32.4 Å². The Kier molecular flexibility index (Phi) is 5.16. The number of cyclic esters (lactones) is 4. The predicted molar refractivity (Wildman–Crippen MR) is 131 cm³/mol. The van der Waals surface area contributed by atoms with Gasteiger partial charge in [-0.25, -0.2) is 0 Å². The van der Waals surface area contributed by atoms with Crippen LogP contribution in [0.2, 0.25) is 50.4 Å². The molecule has 6 aliphatic rings. The maximum Gasteiger partial charge on any atom is 0.317 e. The molecule has 6 rings (SSSR count). The highest BCUT2D eigenvalue weighted by Gasteiger charge is 2.68. The topological polar surface area (TPSA) is 105 Å². The van der Waals surface area contributed by atoms with Crippen molar-refractivity contribution in [2.24, 2.45) is 47.3 Å². The van der Waals surface area contributed by atoms with Crippen LogP contribution in [0.15, 0.2) is 0 Å². The molecule has 0 aromatic heterocycles. The summed E-state index contributed by atoms with van der Waals surface area (Å²) in [6.45, 7) is 13.2. The minimum Gasteiger partial charge on any atom is -0.436 e. The molecule has 4 bridgehead atoms. The number of carbonyl (C=O) groups excluding carboxylic acids is 4. The molecule has 4 saturated carbocycles. The second-order valence-corrected chi connectivity index (χ2v) is 25.7. The molecule has 2 heterocycles. The first-order valence-corrected chi connectivity index (χ1v) is 21.9. The number of fused-ring (bicyclic) bond motifs is 10. The van der Waals surface area contributed by atoms with Gasteiger partial charge in [-0.15, -0.1) is 0 Å². The fraction of sp³-hybridized carbons (Fsp3) is 0.833. The van der Waals surface area contributed by atoms with E-state index in [0.717, 1.165) is 25.7 Å². The average Bonchev–Trinajstić information content (AvgIpc) is 3.51. The van der Waals surface area contributed by atoms with Crippen LogP contribution < -0.4 is 0 Å². The van der Waals surface area contributed by atoms with Gasteiger partial charge < -0.3 is 17.7 Å². The SMILES string of the molecule is C[Si](C)(O[Si](C)(C)[C@H]1C[C@@H]2C[C@H]1[C@@H]1C(=O)OC(=O)[C@H]21)O[Si](C)(C)[C@H]1C[C@@H]2C[C@H]1[C@@H]1C(=O)OC(=O)[C@H]21. The molecule has 8 nitrogen and oxygen atoms in total. The van der Waals surface area contributed by atoms with E-state index in [0.29, 0.717) is 11.1 Å². The van der Waals surface area contributed by atoms with E-state index in [-0.39, 0.29) is 71.2 Å². The van der Waals surface area contributed by atoms with Crippen molar-refractivity contribution < 1.29 is 36.9 Å². The van der Waals surface area contributed by atoms with Gasteiger partial charge in [-0.05, 0) is 99.7 Å².